The van der Waals surface area contributed by atoms with E-state index in [-0.39, 0.29) is 6.71 Å². The second-order valence-electron chi connectivity index (χ2n) is 11.7. The summed E-state index contributed by atoms with van der Waals surface area (Å²) in [5.41, 5.74) is 17.6. The number of aryl methyl sites for hydroxylation is 6. The lowest BCUT2D eigenvalue weighted by molar-refractivity contribution is 1.22. The van der Waals surface area contributed by atoms with Crippen LogP contribution in [0, 0.1) is 41.5 Å². The molecule has 0 aliphatic carbocycles. The highest BCUT2D eigenvalue weighted by Crippen LogP contribution is 2.28. The molecule has 0 saturated carbocycles. The van der Waals surface area contributed by atoms with Crippen LogP contribution in [0.25, 0.3) is 33.9 Å². The fraction of sp³-hybridized carbons (Fsp3) is 0.154. The van der Waals surface area contributed by atoms with Gasteiger partial charge in [-0.05, 0) is 89.1 Å². The zero-order chi connectivity index (χ0) is 30.1. The van der Waals surface area contributed by atoms with Crippen LogP contribution in [0.5, 0.6) is 0 Å². The van der Waals surface area contributed by atoms with Crippen LogP contribution in [0.1, 0.15) is 33.4 Å². The molecular weight excluding hydrogens is 521 g/mol. The summed E-state index contributed by atoms with van der Waals surface area (Å²) in [4.78, 5) is 14.1. The molecule has 0 N–H and O–H groups in total. The summed E-state index contributed by atoms with van der Waals surface area (Å²) in [6.45, 7) is 13.5. The molecule has 6 aromatic rings. The average Bonchev–Trinajstić information content (AvgIpc) is 3.00. The van der Waals surface area contributed by atoms with Crippen LogP contribution in [0.3, 0.4) is 0 Å². The lowest BCUT2D eigenvalue weighted by atomic mass is 9.34. The summed E-state index contributed by atoms with van der Waals surface area (Å²) in [5, 5.41) is 0. The predicted molar refractivity (Wildman–Crippen MR) is 182 cm³/mol. The lowest BCUT2D eigenvalue weighted by Crippen LogP contribution is -2.55. The zero-order valence-electron chi connectivity index (χ0n) is 25.8. The molecule has 6 rings (SSSR count). The van der Waals surface area contributed by atoms with E-state index in [2.05, 4.69) is 112 Å². The van der Waals surface area contributed by atoms with Crippen molar-refractivity contribution in [2.75, 3.05) is 0 Å². The zero-order valence-corrected chi connectivity index (χ0v) is 25.8. The minimum Gasteiger partial charge on any atom is -0.255 e. The number of benzene rings is 3. The fourth-order valence-corrected chi connectivity index (χ4v) is 6.63. The van der Waals surface area contributed by atoms with E-state index in [9.17, 15) is 0 Å². The van der Waals surface area contributed by atoms with Gasteiger partial charge in [-0.2, -0.15) is 0 Å². The Morgan fingerprint density at radius 2 is 0.884 bits per heavy atom. The van der Waals surface area contributed by atoms with Crippen LogP contribution >= 0.6 is 0 Å². The van der Waals surface area contributed by atoms with Gasteiger partial charge >= 0.3 is 0 Å². The molecule has 3 nitrogen and oxygen atoms in total. The molecule has 43 heavy (non-hydrogen) atoms. The van der Waals surface area contributed by atoms with Crippen LogP contribution in [-0.4, -0.2) is 21.7 Å². The van der Waals surface area contributed by atoms with Gasteiger partial charge in [0.15, 0.2) is 0 Å². The van der Waals surface area contributed by atoms with Gasteiger partial charge in [0.1, 0.15) is 0 Å². The third kappa shape index (κ3) is 5.78. The van der Waals surface area contributed by atoms with Crippen LogP contribution in [0.15, 0.2) is 109 Å². The maximum absolute atomic E-state index is 4.95. The van der Waals surface area contributed by atoms with Crippen molar-refractivity contribution in [1.82, 2.24) is 15.0 Å². The molecule has 0 amide bonds. The van der Waals surface area contributed by atoms with Crippen molar-refractivity contribution >= 4 is 23.1 Å². The molecule has 3 heterocycles. The molecule has 4 heteroatoms. The second-order valence-corrected chi connectivity index (χ2v) is 11.7. The minimum absolute atomic E-state index is 0.140. The summed E-state index contributed by atoms with van der Waals surface area (Å²) in [5.74, 6) is 0. The van der Waals surface area contributed by atoms with Gasteiger partial charge < -0.3 is 0 Å². The molecule has 0 radical (unpaired) electrons. The minimum atomic E-state index is 0.140. The Morgan fingerprint density at radius 1 is 0.442 bits per heavy atom. The Kier molecular flexibility index (Phi) is 7.77. The van der Waals surface area contributed by atoms with Crippen molar-refractivity contribution in [2.24, 2.45) is 0 Å². The molecule has 3 aromatic heterocycles. The third-order valence-electron chi connectivity index (χ3n) is 8.31. The first kappa shape index (κ1) is 28.3. The van der Waals surface area contributed by atoms with E-state index in [1.165, 1.54) is 49.8 Å². The molecule has 0 aliphatic rings. The number of rotatable bonds is 6. The van der Waals surface area contributed by atoms with Gasteiger partial charge in [-0.25, -0.2) is 4.98 Å². The molecule has 210 valence electrons. The van der Waals surface area contributed by atoms with E-state index in [1.54, 1.807) is 0 Å². The summed E-state index contributed by atoms with van der Waals surface area (Å²) >= 11 is 0. The van der Waals surface area contributed by atoms with Gasteiger partial charge in [0.05, 0.1) is 22.8 Å². The average molecular weight is 558 g/mol. The summed E-state index contributed by atoms with van der Waals surface area (Å²) in [6.07, 6.45) is 3.62. The van der Waals surface area contributed by atoms with Crippen molar-refractivity contribution in [1.29, 1.82) is 0 Å². The van der Waals surface area contributed by atoms with Gasteiger partial charge in [-0.15, -0.1) is 0 Å². The number of aromatic nitrogens is 3. The van der Waals surface area contributed by atoms with E-state index >= 15 is 0 Å². The number of nitrogens with zero attached hydrogens (tertiary/aromatic N) is 3. The second kappa shape index (κ2) is 11.8. The number of hydrogen-bond donors (Lipinski definition) is 0. The first-order valence-electron chi connectivity index (χ1n) is 14.9. The van der Waals surface area contributed by atoms with Gasteiger partial charge in [-0.3, -0.25) is 9.97 Å². The van der Waals surface area contributed by atoms with Gasteiger partial charge in [0, 0.05) is 12.4 Å². The molecular formula is C39H36BN3. The van der Waals surface area contributed by atoms with Crippen molar-refractivity contribution in [3.63, 3.8) is 0 Å². The van der Waals surface area contributed by atoms with E-state index in [1.807, 2.05) is 48.8 Å². The predicted octanol–water partition coefficient (Wildman–Crippen LogP) is 7.24. The molecule has 0 atom stereocenters. The number of hydrogen-bond acceptors (Lipinski definition) is 3. The SMILES string of the molecule is Cc1cc(C)c(B(c2ccc(-c3cc(-c4ccccn4)nc(-c4ccccn4)c3)cc2)c2c(C)cc(C)cc2C)c(C)c1. The topological polar surface area (TPSA) is 38.7 Å². The first-order chi connectivity index (χ1) is 20.8. The van der Waals surface area contributed by atoms with Crippen LogP contribution in [0.4, 0.5) is 0 Å². The van der Waals surface area contributed by atoms with Crippen molar-refractivity contribution < 1.29 is 0 Å². The monoisotopic (exact) mass is 557 g/mol. The molecule has 0 bridgehead atoms. The molecule has 3 aromatic carbocycles. The Hall–Kier alpha value is -4.83. The van der Waals surface area contributed by atoms with Crippen molar-refractivity contribution in [2.45, 2.75) is 41.5 Å². The summed E-state index contributed by atoms with van der Waals surface area (Å²) < 4.78 is 0. The third-order valence-corrected chi connectivity index (χ3v) is 8.31. The van der Waals surface area contributed by atoms with Gasteiger partial charge in [0.2, 0.25) is 6.71 Å². The fourth-order valence-electron chi connectivity index (χ4n) is 6.63. The maximum atomic E-state index is 4.95. The number of pyridine rings is 3. The quantitative estimate of drug-likeness (QED) is 0.203. The van der Waals surface area contributed by atoms with Gasteiger partial charge in [-0.1, -0.05) is 110 Å². The highest BCUT2D eigenvalue weighted by atomic mass is 14.8. The first-order valence-corrected chi connectivity index (χ1v) is 14.9. The normalized spacial score (nSPS) is 11.0. The van der Waals surface area contributed by atoms with Gasteiger partial charge in [0.25, 0.3) is 0 Å². The molecule has 0 unspecified atom stereocenters. The summed E-state index contributed by atoms with van der Waals surface area (Å²) in [7, 11) is 0. The van der Waals surface area contributed by atoms with E-state index < -0.39 is 0 Å². The Morgan fingerprint density at radius 3 is 1.28 bits per heavy atom. The smallest absolute Gasteiger partial charge is 0.242 e. The van der Waals surface area contributed by atoms with Crippen molar-refractivity contribution in [3.05, 3.63) is 143 Å². The highest BCUT2D eigenvalue weighted by molar-refractivity contribution is 6.96. The molecule has 0 aliphatic heterocycles. The van der Waals surface area contributed by atoms with Crippen LogP contribution < -0.4 is 16.4 Å². The largest absolute Gasteiger partial charge is 0.255 e. The Bertz CT molecular complexity index is 1750. The lowest BCUT2D eigenvalue weighted by Gasteiger charge is -2.25. The van der Waals surface area contributed by atoms with Crippen molar-refractivity contribution in [3.8, 4) is 33.9 Å². The standard InChI is InChI=1S/C39H36BN3/c1-25-19-27(3)38(28(4)20-25)40(39-29(5)21-26(2)22-30(39)6)33-15-13-31(14-16-33)32-23-36(34-11-7-9-17-41-34)43-37(24-32)35-12-8-10-18-42-35/h7-24H,1-6H3. The Balaban J connectivity index is 1.50. The Labute approximate surface area is 255 Å². The van der Waals surface area contributed by atoms with E-state index in [0.29, 0.717) is 0 Å². The molecule has 0 saturated heterocycles. The summed E-state index contributed by atoms with van der Waals surface area (Å²) in [6, 6.07) is 34.5. The van der Waals surface area contributed by atoms with E-state index in [4.69, 9.17) is 4.98 Å². The van der Waals surface area contributed by atoms with Crippen LogP contribution in [-0.2, 0) is 0 Å². The van der Waals surface area contributed by atoms with Crippen LogP contribution in [0.2, 0.25) is 0 Å². The highest BCUT2D eigenvalue weighted by Gasteiger charge is 2.28. The van der Waals surface area contributed by atoms with E-state index in [0.717, 1.165) is 33.9 Å². The maximum Gasteiger partial charge on any atom is 0.242 e. The molecule has 0 spiro atoms. The molecule has 0 fully saturated rings.